The largest absolute Gasteiger partial charge is 0.393 e. The molecule has 0 bridgehead atoms. The van der Waals surface area contributed by atoms with Crippen molar-refractivity contribution in [2.75, 3.05) is 10.6 Å². The van der Waals surface area contributed by atoms with Crippen LogP contribution in [-0.2, 0) is 0 Å². The molecule has 7 nitrogen and oxygen atoms in total. The van der Waals surface area contributed by atoms with E-state index in [1.54, 1.807) is 0 Å². The lowest BCUT2D eigenvalue weighted by molar-refractivity contribution is 0.1000. The highest BCUT2D eigenvalue weighted by molar-refractivity contribution is 5.97. The number of hydrogen-bond donors (Lipinski definition) is 4. The highest BCUT2D eigenvalue weighted by Crippen LogP contribution is 2.31. The summed E-state index contributed by atoms with van der Waals surface area (Å²) in [5, 5.41) is 16.3. The van der Waals surface area contributed by atoms with Crippen LogP contribution in [0.2, 0.25) is 0 Å². The molecule has 3 rings (SSSR count). The maximum atomic E-state index is 11.6. The average Bonchev–Trinajstić information content (AvgIpc) is 2.47. The van der Waals surface area contributed by atoms with Crippen molar-refractivity contribution in [3.8, 4) is 0 Å². The lowest BCUT2D eigenvalue weighted by Crippen LogP contribution is -2.33. The summed E-state index contributed by atoms with van der Waals surface area (Å²) in [4.78, 5) is 20.4. The molecule has 1 amide bonds. The second-order valence-electron chi connectivity index (χ2n) is 7.09. The number of aliphatic hydroxyl groups is 1. The van der Waals surface area contributed by atoms with Gasteiger partial charge in [0.25, 0.3) is 5.91 Å². The maximum Gasteiger partial charge on any atom is 0.254 e. The molecule has 2 aliphatic carbocycles. The molecule has 1 aromatic heterocycles. The number of aliphatic hydroxyl groups excluding tert-OH is 1. The van der Waals surface area contributed by atoms with Gasteiger partial charge in [-0.1, -0.05) is 6.42 Å². The summed E-state index contributed by atoms with van der Waals surface area (Å²) in [6.07, 6.45) is 8.35. The molecule has 132 valence electrons. The van der Waals surface area contributed by atoms with Gasteiger partial charge in [-0.05, 0) is 51.4 Å². The van der Waals surface area contributed by atoms with Gasteiger partial charge in [0.05, 0.1) is 11.7 Å². The molecular formula is C17H27N5O2. The monoisotopic (exact) mass is 333 g/mol. The van der Waals surface area contributed by atoms with Crippen LogP contribution < -0.4 is 16.4 Å². The number of nitrogens with zero attached hydrogens (tertiary/aromatic N) is 2. The van der Waals surface area contributed by atoms with E-state index in [4.69, 9.17) is 5.73 Å². The molecule has 0 aliphatic heterocycles. The van der Waals surface area contributed by atoms with Crippen molar-refractivity contribution < 1.29 is 9.90 Å². The van der Waals surface area contributed by atoms with Gasteiger partial charge in [0.15, 0.2) is 0 Å². The SMILES string of the molecule is C[C@H](Nc1nc(NC2CCC(O)CC2)ncc1C(N)=O)C1CCC1. The second-order valence-corrected chi connectivity index (χ2v) is 7.09. The van der Waals surface area contributed by atoms with Crippen molar-refractivity contribution in [1.82, 2.24) is 9.97 Å². The molecular weight excluding hydrogens is 306 g/mol. The smallest absolute Gasteiger partial charge is 0.254 e. The molecule has 0 saturated heterocycles. The zero-order chi connectivity index (χ0) is 17.1. The summed E-state index contributed by atoms with van der Waals surface area (Å²) in [6, 6.07) is 0.508. The Kier molecular flexibility index (Phi) is 5.18. The number of rotatable bonds is 6. The fraction of sp³-hybridized carbons (Fsp3) is 0.706. The highest BCUT2D eigenvalue weighted by Gasteiger charge is 2.26. The van der Waals surface area contributed by atoms with Gasteiger partial charge >= 0.3 is 0 Å². The van der Waals surface area contributed by atoms with Crippen LogP contribution in [0.5, 0.6) is 0 Å². The predicted octanol–water partition coefficient (Wildman–Crippen LogP) is 1.89. The predicted molar refractivity (Wildman–Crippen MR) is 92.9 cm³/mol. The van der Waals surface area contributed by atoms with E-state index >= 15 is 0 Å². The Morgan fingerprint density at radius 1 is 1.29 bits per heavy atom. The summed E-state index contributed by atoms with van der Waals surface area (Å²) in [6.45, 7) is 2.12. The van der Waals surface area contributed by atoms with Crippen LogP contribution in [0.3, 0.4) is 0 Å². The van der Waals surface area contributed by atoms with Gasteiger partial charge in [0.2, 0.25) is 5.95 Å². The molecule has 1 atom stereocenters. The van der Waals surface area contributed by atoms with Crippen LogP contribution in [0, 0.1) is 5.92 Å². The van der Waals surface area contributed by atoms with E-state index in [0.29, 0.717) is 23.2 Å². The van der Waals surface area contributed by atoms with E-state index in [0.717, 1.165) is 25.7 Å². The van der Waals surface area contributed by atoms with Crippen molar-refractivity contribution in [3.05, 3.63) is 11.8 Å². The van der Waals surface area contributed by atoms with Crippen molar-refractivity contribution in [1.29, 1.82) is 0 Å². The van der Waals surface area contributed by atoms with Gasteiger partial charge in [-0.2, -0.15) is 4.98 Å². The summed E-state index contributed by atoms with van der Waals surface area (Å²) in [5.74, 6) is 1.11. The first kappa shape index (κ1) is 17.0. The van der Waals surface area contributed by atoms with Crippen molar-refractivity contribution >= 4 is 17.7 Å². The third-order valence-electron chi connectivity index (χ3n) is 5.31. The van der Waals surface area contributed by atoms with Crippen LogP contribution in [0.4, 0.5) is 11.8 Å². The maximum absolute atomic E-state index is 11.6. The lowest BCUT2D eigenvalue weighted by atomic mass is 9.80. The molecule has 2 aliphatic rings. The van der Waals surface area contributed by atoms with E-state index in [9.17, 15) is 9.90 Å². The first-order chi connectivity index (χ1) is 11.5. The zero-order valence-corrected chi connectivity index (χ0v) is 14.2. The molecule has 5 N–H and O–H groups in total. The summed E-state index contributed by atoms with van der Waals surface area (Å²) < 4.78 is 0. The van der Waals surface area contributed by atoms with Gasteiger partial charge in [0.1, 0.15) is 5.82 Å². The van der Waals surface area contributed by atoms with Gasteiger partial charge in [0, 0.05) is 18.3 Å². The third-order valence-corrected chi connectivity index (χ3v) is 5.31. The van der Waals surface area contributed by atoms with Crippen molar-refractivity contribution in [3.63, 3.8) is 0 Å². The molecule has 1 aromatic rings. The fourth-order valence-corrected chi connectivity index (χ4v) is 3.42. The third kappa shape index (κ3) is 3.95. The minimum absolute atomic E-state index is 0.193. The van der Waals surface area contributed by atoms with E-state index < -0.39 is 5.91 Å². The molecule has 2 saturated carbocycles. The van der Waals surface area contributed by atoms with Crippen LogP contribution in [0.15, 0.2) is 6.20 Å². The minimum Gasteiger partial charge on any atom is -0.393 e. The van der Waals surface area contributed by atoms with Crippen LogP contribution in [0.25, 0.3) is 0 Å². The number of nitrogens with one attached hydrogen (secondary N) is 2. The Hall–Kier alpha value is -1.89. The van der Waals surface area contributed by atoms with Gasteiger partial charge in [-0.15, -0.1) is 0 Å². The van der Waals surface area contributed by atoms with E-state index in [-0.39, 0.29) is 18.2 Å². The number of primary amides is 1. The molecule has 0 radical (unpaired) electrons. The number of hydrogen-bond acceptors (Lipinski definition) is 6. The quantitative estimate of drug-likeness (QED) is 0.632. The van der Waals surface area contributed by atoms with Crippen molar-refractivity contribution in [2.45, 2.75) is 70.1 Å². The lowest BCUT2D eigenvalue weighted by Gasteiger charge is -2.32. The van der Waals surface area contributed by atoms with Crippen molar-refractivity contribution in [2.24, 2.45) is 11.7 Å². The molecule has 1 heterocycles. The standard InChI is InChI=1S/C17H27N5O2/c1-10(11-3-2-4-11)20-16-14(15(18)24)9-19-17(22-16)21-12-5-7-13(23)8-6-12/h9-13,23H,2-8H2,1H3,(H2,18,24)(H2,19,20,21,22)/t10-,12?,13?/m0/s1. The van der Waals surface area contributed by atoms with E-state index in [1.165, 1.54) is 25.5 Å². The Morgan fingerprint density at radius 3 is 2.58 bits per heavy atom. The molecule has 0 unspecified atom stereocenters. The first-order valence-electron chi connectivity index (χ1n) is 8.91. The molecule has 24 heavy (non-hydrogen) atoms. The van der Waals surface area contributed by atoms with Crippen LogP contribution >= 0.6 is 0 Å². The topological polar surface area (TPSA) is 113 Å². The molecule has 2 fully saturated rings. The van der Waals surface area contributed by atoms with E-state index in [1.807, 2.05) is 0 Å². The molecule has 0 aromatic carbocycles. The second kappa shape index (κ2) is 7.34. The number of carbonyl (C=O) groups excluding carboxylic acids is 1. The van der Waals surface area contributed by atoms with Gasteiger partial charge < -0.3 is 21.5 Å². The number of carbonyl (C=O) groups is 1. The first-order valence-corrected chi connectivity index (χ1v) is 8.91. The minimum atomic E-state index is -0.523. The van der Waals surface area contributed by atoms with E-state index in [2.05, 4.69) is 27.5 Å². The average molecular weight is 333 g/mol. The molecule has 0 spiro atoms. The highest BCUT2D eigenvalue weighted by atomic mass is 16.3. The van der Waals surface area contributed by atoms with Crippen LogP contribution in [0.1, 0.15) is 62.2 Å². The Balaban J connectivity index is 1.71. The van der Waals surface area contributed by atoms with Gasteiger partial charge in [-0.3, -0.25) is 4.79 Å². The molecule has 7 heteroatoms. The number of aromatic nitrogens is 2. The zero-order valence-electron chi connectivity index (χ0n) is 14.2. The number of nitrogens with two attached hydrogens (primary N) is 1. The number of anilines is 2. The Morgan fingerprint density at radius 2 is 2.00 bits per heavy atom. The van der Waals surface area contributed by atoms with Gasteiger partial charge in [-0.25, -0.2) is 4.98 Å². The summed E-state index contributed by atoms with van der Waals surface area (Å²) in [5.41, 5.74) is 5.78. The Labute approximate surface area is 142 Å². The normalized spacial score (nSPS) is 25.6. The Bertz CT molecular complexity index is 582. The number of amides is 1. The fourth-order valence-electron chi connectivity index (χ4n) is 3.42. The van der Waals surface area contributed by atoms with Crippen LogP contribution in [-0.4, -0.2) is 39.2 Å². The summed E-state index contributed by atoms with van der Waals surface area (Å²) in [7, 11) is 0. The summed E-state index contributed by atoms with van der Waals surface area (Å²) >= 11 is 0.